The van der Waals surface area contributed by atoms with Crippen molar-refractivity contribution >= 4 is 17.7 Å². The monoisotopic (exact) mass is 255 g/mol. The number of nitrogens with zero attached hydrogens (tertiary/aromatic N) is 1. The maximum atomic E-state index is 11.8. The second kappa shape index (κ2) is 5.81. The van der Waals surface area contributed by atoms with E-state index >= 15 is 0 Å². The van der Waals surface area contributed by atoms with Gasteiger partial charge in [0.25, 0.3) is 0 Å². The molecule has 2 rings (SSSR count). The number of carbonyl (C=O) groups is 3. The predicted octanol–water partition coefficient (Wildman–Crippen LogP) is -1.76. The zero-order valence-corrected chi connectivity index (χ0v) is 10.1. The first-order chi connectivity index (χ1) is 8.66. The molecule has 1 unspecified atom stereocenters. The van der Waals surface area contributed by atoms with Crippen molar-refractivity contribution in [1.82, 2.24) is 15.5 Å². The molecular weight excluding hydrogens is 238 g/mol. The van der Waals surface area contributed by atoms with E-state index in [0.717, 1.165) is 0 Å². The van der Waals surface area contributed by atoms with Gasteiger partial charge in [0.05, 0.1) is 19.8 Å². The van der Waals surface area contributed by atoms with Gasteiger partial charge in [-0.15, -0.1) is 0 Å². The molecule has 7 nitrogen and oxygen atoms in total. The minimum absolute atomic E-state index is 0.0226. The van der Waals surface area contributed by atoms with E-state index in [1.54, 1.807) is 4.90 Å². The molecule has 0 aromatic carbocycles. The smallest absolute Gasteiger partial charge is 0.243 e. The van der Waals surface area contributed by atoms with Crippen molar-refractivity contribution < 1.29 is 19.1 Å². The van der Waals surface area contributed by atoms with E-state index in [2.05, 4.69) is 10.6 Å². The summed E-state index contributed by atoms with van der Waals surface area (Å²) in [6.45, 7) is 2.19. The largest absolute Gasteiger partial charge is 0.378 e. The highest BCUT2D eigenvalue weighted by atomic mass is 16.5. The molecule has 0 aromatic heterocycles. The molecule has 2 heterocycles. The molecule has 2 aliphatic heterocycles. The summed E-state index contributed by atoms with van der Waals surface area (Å²) < 4.78 is 5.14. The highest BCUT2D eigenvalue weighted by Crippen LogP contribution is 2.06. The molecule has 2 aliphatic rings. The molecule has 18 heavy (non-hydrogen) atoms. The van der Waals surface area contributed by atoms with Crippen LogP contribution in [0.15, 0.2) is 0 Å². The molecule has 0 aromatic rings. The van der Waals surface area contributed by atoms with E-state index in [0.29, 0.717) is 39.1 Å². The maximum absolute atomic E-state index is 11.8. The van der Waals surface area contributed by atoms with Crippen LogP contribution in [-0.4, -0.2) is 61.5 Å². The Balaban J connectivity index is 1.71. The first-order valence-electron chi connectivity index (χ1n) is 6.09. The Hall–Kier alpha value is -1.63. The van der Waals surface area contributed by atoms with Gasteiger partial charge in [-0.3, -0.25) is 14.4 Å². The molecular formula is C11H17N3O4. The molecule has 2 fully saturated rings. The van der Waals surface area contributed by atoms with Crippen LogP contribution in [0.3, 0.4) is 0 Å². The Morgan fingerprint density at radius 2 is 2.11 bits per heavy atom. The summed E-state index contributed by atoms with van der Waals surface area (Å²) in [7, 11) is 0. The van der Waals surface area contributed by atoms with Crippen LogP contribution in [0, 0.1) is 0 Å². The lowest BCUT2D eigenvalue weighted by Crippen LogP contribution is -2.48. The number of nitrogens with one attached hydrogen (secondary N) is 2. The van der Waals surface area contributed by atoms with Gasteiger partial charge in [-0.25, -0.2) is 0 Å². The normalized spacial score (nSPS) is 23.7. The minimum Gasteiger partial charge on any atom is -0.378 e. The summed E-state index contributed by atoms with van der Waals surface area (Å²) in [6, 6.07) is -0.491. The molecule has 1 atom stereocenters. The predicted molar refractivity (Wildman–Crippen MR) is 61.6 cm³/mol. The first-order valence-corrected chi connectivity index (χ1v) is 6.09. The third-order valence-corrected chi connectivity index (χ3v) is 3.09. The number of hydrogen-bond acceptors (Lipinski definition) is 4. The van der Waals surface area contributed by atoms with Crippen LogP contribution in [0.4, 0.5) is 0 Å². The Bertz CT molecular complexity index is 352. The van der Waals surface area contributed by atoms with Crippen molar-refractivity contribution in [3.8, 4) is 0 Å². The molecule has 0 aliphatic carbocycles. The molecule has 0 bridgehead atoms. The van der Waals surface area contributed by atoms with E-state index in [1.807, 2.05) is 0 Å². The van der Waals surface area contributed by atoms with E-state index in [4.69, 9.17) is 4.74 Å². The summed E-state index contributed by atoms with van der Waals surface area (Å²) >= 11 is 0. The van der Waals surface area contributed by atoms with Crippen molar-refractivity contribution in [3.05, 3.63) is 0 Å². The summed E-state index contributed by atoms with van der Waals surface area (Å²) in [5, 5.41) is 5.12. The van der Waals surface area contributed by atoms with Gasteiger partial charge in [-0.1, -0.05) is 0 Å². The lowest BCUT2D eigenvalue weighted by molar-refractivity contribution is -0.136. The fourth-order valence-corrected chi connectivity index (χ4v) is 2.02. The first kappa shape index (κ1) is 12.8. The molecule has 2 N–H and O–H groups in total. The fourth-order valence-electron chi connectivity index (χ4n) is 2.02. The SMILES string of the molecule is O=C1CCC(C(=O)NCC(=O)N2CCOCC2)N1. The average molecular weight is 255 g/mol. The van der Waals surface area contributed by atoms with E-state index in [9.17, 15) is 14.4 Å². The Morgan fingerprint density at radius 1 is 1.39 bits per heavy atom. The average Bonchev–Trinajstić information content (AvgIpc) is 2.83. The molecule has 0 saturated carbocycles. The van der Waals surface area contributed by atoms with E-state index in [1.165, 1.54) is 0 Å². The summed E-state index contributed by atoms with van der Waals surface area (Å²) in [6.07, 6.45) is 0.867. The Kier molecular flexibility index (Phi) is 4.14. The number of amides is 3. The van der Waals surface area contributed by atoms with Gasteiger partial charge in [-0.05, 0) is 6.42 Å². The molecule has 0 spiro atoms. The van der Waals surface area contributed by atoms with Crippen molar-refractivity contribution in [1.29, 1.82) is 0 Å². The van der Waals surface area contributed by atoms with Crippen LogP contribution >= 0.6 is 0 Å². The third kappa shape index (κ3) is 3.19. The van der Waals surface area contributed by atoms with Crippen molar-refractivity contribution in [2.45, 2.75) is 18.9 Å². The lowest BCUT2D eigenvalue weighted by Gasteiger charge is -2.27. The molecule has 0 radical (unpaired) electrons. The van der Waals surface area contributed by atoms with Crippen molar-refractivity contribution in [2.75, 3.05) is 32.8 Å². The molecule has 3 amide bonds. The van der Waals surface area contributed by atoms with Crippen LogP contribution in [0.25, 0.3) is 0 Å². The van der Waals surface area contributed by atoms with Gasteiger partial charge in [0.1, 0.15) is 6.04 Å². The molecule has 2 saturated heterocycles. The quantitative estimate of drug-likeness (QED) is 0.625. The van der Waals surface area contributed by atoms with Crippen LogP contribution in [0.5, 0.6) is 0 Å². The van der Waals surface area contributed by atoms with Crippen molar-refractivity contribution in [2.24, 2.45) is 0 Å². The standard InChI is InChI=1S/C11H17N3O4/c15-9-2-1-8(13-9)11(17)12-7-10(16)14-3-5-18-6-4-14/h8H,1-7H2,(H,12,17)(H,13,15). The van der Waals surface area contributed by atoms with Crippen molar-refractivity contribution in [3.63, 3.8) is 0 Å². The third-order valence-electron chi connectivity index (χ3n) is 3.09. The van der Waals surface area contributed by atoms with Gasteiger partial charge in [0, 0.05) is 19.5 Å². The van der Waals surface area contributed by atoms with Gasteiger partial charge in [-0.2, -0.15) is 0 Å². The zero-order chi connectivity index (χ0) is 13.0. The second-order valence-electron chi connectivity index (χ2n) is 4.37. The second-order valence-corrected chi connectivity index (χ2v) is 4.37. The number of hydrogen-bond donors (Lipinski definition) is 2. The van der Waals surface area contributed by atoms with Crippen LogP contribution < -0.4 is 10.6 Å². The molecule has 100 valence electrons. The van der Waals surface area contributed by atoms with E-state index in [-0.39, 0.29) is 24.3 Å². The highest BCUT2D eigenvalue weighted by molar-refractivity contribution is 5.92. The number of carbonyl (C=O) groups excluding carboxylic acids is 3. The zero-order valence-electron chi connectivity index (χ0n) is 10.1. The molecule has 7 heteroatoms. The lowest BCUT2D eigenvalue weighted by atomic mass is 10.2. The Labute approximate surface area is 105 Å². The van der Waals surface area contributed by atoms with E-state index < -0.39 is 6.04 Å². The topological polar surface area (TPSA) is 87.7 Å². The number of rotatable bonds is 3. The summed E-state index contributed by atoms with van der Waals surface area (Å²) in [5.74, 6) is -0.520. The number of ether oxygens (including phenoxy) is 1. The van der Waals surface area contributed by atoms with Gasteiger partial charge in [0.2, 0.25) is 17.7 Å². The van der Waals surface area contributed by atoms with Crippen LogP contribution in [0.2, 0.25) is 0 Å². The van der Waals surface area contributed by atoms with Crippen LogP contribution in [-0.2, 0) is 19.1 Å². The highest BCUT2D eigenvalue weighted by Gasteiger charge is 2.27. The minimum atomic E-state index is -0.491. The summed E-state index contributed by atoms with van der Waals surface area (Å²) in [5.41, 5.74) is 0. The van der Waals surface area contributed by atoms with Gasteiger partial charge < -0.3 is 20.3 Å². The number of morpholine rings is 1. The summed E-state index contributed by atoms with van der Waals surface area (Å²) in [4.78, 5) is 36.0. The van der Waals surface area contributed by atoms with Crippen LogP contribution in [0.1, 0.15) is 12.8 Å². The fraction of sp³-hybridized carbons (Fsp3) is 0.727. The van der Waals surface area contributed by atoms with Gasteiger partial charge >= 0.3 is 0 Å². The maximum Gasteiger partial charge on any atom is 0.243 e. The Morgan fingerprint density at radius 3 is 2.72 bits per heavy atom. The van der Waals surface area contributed by atoms with Gasteiger partial charge in [0.15, 0.2) is 0 Å².